The number of anilines is 1. The van der Waals surface area contributed by atoms with Crippen LogP contribution < -0.4 is 9.64 Å². The van der Waals surface area contributed by atoms with Gasteiger partial charge in [0.15, 0.2) is 0 Å². The fourth-order valence-electron chi connectivity index (χ4n) is 4.81. The van der Waals surface area contributed by atoms with E-state index < -0.39 is 0 Å². The first-order valence-corrected chi connectivity index (χ1v) is 11.7. The van der Waals surface area contributed by atoms with Gasteiger partial charge in [0.05, 0.1) is 7.11 Å². The quantitative estimate of drug-likeness (QED) is 0.676. The zero-order chi connectivity index (χ0) is 21.6. The molecule has 0 N–H and O–H groups in total. The molecule has 2 aliphatic heterocycles. The van der Waals surface area contributed by atoms with Crippen molar-refractivity contribution in [1.82, 2.24) is 9.80 Å². The SMILES string of the molecule is COc1ccccc1CCC(=O)N1CCC[C@@H](N2CCN(c3cccc(Cl)c3)CC2)C1. The van der Waals surface area contributed by atoms with Crippen LogP contribution in [0.1, 0.15) is 24.8 Å². The second kappa shape index (κ2) is 10.4. The van der Waals surface area contributed by atoms with Gasteiger partial charge in [-0.3, -0.25) is 9.69 Å². The van der Waals surface area contributed by atoms with Crippen molar-refractivity contribution in [2.75, 3.05) is 51.3 Å². The van der Waals surface area contributed by atoms with Crippen LogP contribution in [0.2, 0.25) is 5.02 Å². The van der Waals surface area contributed by atoms with Crippen LogP contribution in [0.5, 0.6) is 5.75 Å². The number of piperazine rings is 1. The van der Waals surface area contributed by atoms with Gasteiger partial charge in [0.1, 0.15) is 5.75 Å². The molecule has 4 rings (SSSR count). The molecule has 0 spiro atoms. The van der Waals surface area contributed by atoms with E-state index in [1.807, 2.05) is 42.5 Å². The van der Waals surface area contributed by atoms with Gasteiger partial charge >= 0.3 is 0 Å². The molecule has 1 atom stereocenters. The van der Waals surface area contributed by atoms with E-state index in [0.29, 0.717) is 12.5 Å². The molecule has 2 fully saturated rings. The largest absolute Gasteiger partial charge is 0.496 e. The molecule has 0 saturated carbocycles. The number of piperidine rings is 1. The van der Waals surface area contributed by atoms with Gasteiger partial charge in [-0.05, 0) is 49.1 Å². The highest BCUT2D eigenvalue weighted by molar-refractivity contribution is 6.30. The van der Waals surface area contributed by atoms with Crippen molar-refractivity contribution < 1.29 is 9.53 Å². The van der Waals surface area contributed by atoms with E-state index in [2.05, 4.69) is 20.8 Å². The van der Waals surface area contributed by atoms with Gasteiger partial charge in [0.2, 0.25) is 5.91 Å². The highest BCUT2D eigenvalue weighted by atomic mass is 35.5. The Hall–Kier alpha value is -2.24. The molecule has 2 heterocycles. The van der Waals surface area contributed by atoms with Gasteiger partial charge < -0.3 is 14.5 Å². The number of benzene rings is 2. The number of amides is 1. The maximum absolute atomic E-state index is 12.9. The number of hydrogen-bond acceptors (Lipinski definition) is 4. The third kappa shape index (κ3) is 5.52. The maximum atomic E-state index is 12.9. The first-order chi connectivity index (χ1) is 15.1. The lowest BCUT2D eigenvalue weighted by Gasteiger charge is -2.44. The van der Waals surface area contributed by atoms with Gasteiger partial charge in [-0.1, -0.05) is 35.9 Å². The minimum absolute atomic E-state index is 0.258. The van der Waals surface area contributed by atoms with E-state index >= 15 is 0 Å². The van der Waals surface area contributed by atoms with Crippen LogP contribution in [0.4, 0.5) is 5.69 Å². The number of likely N-dealkylation sites (tertiary alicyclic amines) is 1. The van der Waals surface area contributed by atoms with Gasteiger partial charge in [-0.2, -0.15) is 0 Å². The molecule has 31 heavy (non-hydrogen) atoms. The number of rotatable bonds is 6. The summed E-state index contributed by atoms with van der Waals surface area (Å²) >= 11 is 6.16. The fraction of sp³-hybridized carbons (Fsp3) is 0.480. The van der Waals surface area contributed by atoms with Crippen LogP contribution in [0.25, 0.3) is 0 Å². The number of carbonyl (C=O) groups is 1. The average Bonchev–Trinajstić information content (AvgIpc) is 2.83. The average molecular weight is 442 g/mol. The van der Waals surface area contributed by atoms with Crippen molar-refractivity contribution in [1.29, 1.82) is 0 Å². The second-order valence-electron chi connectivity index (χ2n) is 8.45. The molecule has 0 unspecified atom stereocenters. The summed E-state index contributed by atoms with van der Waals surface area (Å²) in [6.45, 7) is 5.78. The van der Waals surface area contributed by atoms with Gasteiger partial charge in [-0.15, -0.1) is 0 Å². The molecule has 2 aliphatic rings. The molecule has 2 aromatic rings. The number of aryl methyl sites for hydroxylation is 1. The van der Waals surface area contributed by atoms with E-state index in [4.69, 9.17) is 16.3 Å². The molecular formula is C25H32ClN3O2. The molecule has 2 saturated heterocycles. The first kappa shape index (κ1) is 22.0. The van der Waals surface area contributed by atoms with Crippen molar-refractivity contribution in [2.45, 2.75) is 31.7 Å². The van der Waals surface area contributed by atoms with E-state index in [1.54, 1.807) is 7.11 Å². The van der Waals surface area contributed by atoms with E-state index in [1.165, 1.54) is 12.1 Å². The van der Waals surface area contributed by atoms with Crippen molar-refractivity contribution in [3.63, 3.8) is 0 Å². The third-order valence-electron chi connectivity index (χ3n) is 6.55. The third-order valence-corrected chi connectivity index (χ3v) is 6.79. The van der Waals surface area contributed by atoms with E-state index in [-0.39, 0.29) is 5.91 Å². The molecule has 0 aromatic heterocycles. The highest BCUT2D eigenvalue weighted by Crippen LogP contribution is 2.24. The Kier molecular flexibility index (Phi) is 7.36. The van der Waals surface area contributed by atoms with E-state index in [0.717, 1.165) is 68.4 Å². The lowest BCUT2D eigenvalue weighted by molar-refractivity contribution is -0.133. The lowest BCUT2D eigenvalue weighted by Crippen LogP contribution is -2.55. The topological polar surface area (TPSA) is 36.0 Å². The Balaban J connectivity index is 1.28. The molecule has 6 heteroatoms. The predicted molar refractivity (Wildman–Crippen MR) is 126 cm³/mol. The zero-order valence-electron chi connectivity index (χ0n) is 18.3. The van der Waals surface area contributed by atoms with Gasteiger partial charge in [0.25, 0.3) is 0 Å². The Morgan fingerprint density at radius 3 is 2.65 bits per heavy atom. The summed E-state index contributed by atoms with van der Waals surface area (Å²) in [6.07, 6.45) is 3.52. The molecule has 166 valence electrons. The number of ether oxygens (including phenoxy) is 1. The van der Waals surface area contributed by atoms with Crippen molar-refractivity contribution in [2.24, 2.45) is 0 Å². The smallest absolute Gasteiger partial charge is 0.222 e. The Morgan fingerprint density at radius 1 is 1.06 bits per heavy atom. The maximum Gasteiger partial charge on any atom is 0.222 e. The molecule has 1 amide bonds. The Morgan fingerprint density at radius 2 is 1.87 bits per heavy atom. The van der Waals surface area contributed by atoms with Crippen LogP contribution in [0.15, 0.2) is 48.5 Å². The van der Waals surface area contributed by atoms with Gasteiger partial charge in [-0.25, -0.2) is 0 Å². The highest BCUT2D eigenvalue weighted by Gasteiger charge is 2.30. The number of carbonyl (C=O) groups excluding carboxylic acids is 1. The standard InChI is InChI=1S/C25H32ClN3O2/c1-31-24-10-3-2-6-20(24)11-12-25(30)29-13-5-9-23(19-29)28-16-14-27(15-17-28)22-8-4-7-21(26)18-22/h2-4,6-8,10,18,23H,5,9,11-17,19H2,1H3/t23-/m1/s1. The van der Waals surface area contributed by atoms with Crippen LogP contribution >= 0.6 is 11.6 Å². The monoisotopic (exact) mass is 441 g/mol. The number of para-hydroxylation sites is 1. The summed E-state index contributed by atoms with van der Waals surface area (Å²) in [5, 5.41) is 0.787. The Bertz CT molecular complexity index is 883. The molecule has 5 nitrogen and oxygen atoms in total. The molecule has 0 bridgehead atoms. The molecule has 0 radical (unpaired) electrons. The molecular weight excluding hydrogens is 410 g/mol. The number of hydrogen-bond donors (Lipinski definition) is 0. The summed E-state index contributed by atoms with van der Waals surface area (Å²) in [6, 6.07) is 16.5. The number of nitrogens with zero attached hydrogens (tertiary/aromatic N) is 3. The lowest BCUT2D eigenvalue weighted by atomic mass is 10.0. The van der Waals surface area contributed by atoms with Gasteiger partial charge in [0, 0.05) is 62.4 Å². The predicted octanol–water partition coefficient (Wildman–Crippen LogP) is 4.09. The fourth-order valence-corrected chi connectivity index (χ4v) is 4.99. The molecule has 0 aliphatic carbocycles. The molecule has 2 aromatic carbocycles. The van der Waals surface area contributed by atoms with Crippen molar-refractivity contribution >= 4 is 23.2 Å². The van der Waals surface area contributed by atoms with Crippen molar-refractivity contribution in [3.05, 3.63) is 59.1 Å². The van der Waals surface area contributed by atoms with E-state index in [9.17, 15) is 4.79 Å². The number of methoxy groups -OCH3 is 1. The minimum atomic E-state index is 0.258. The summed E-state index contributed by atoms with van der Waals surface area (Å²) in [4.78, 5) is 20.0. The van der Waals surface area contributed by atoms with Crippen LogP contribution in [0, 0.1) is 0 Å². The second-order valence-corrected chi connectivity index (χ2v) is 8.89. The normalized spacial score (nSPS) is 20.0. The summed E-state index contributed by atoms with van der Waals surface area (Å²) < 4.78 is 5.42. The van der Waals surface area contributed by atoms with Crippen LogP contribution in [-0.4, -0.2) is 68.1 Å². The van der Waals surface area contributed by atoms with Crippen LogP contribution in [0.3, 0.4) is 0 Å². The number of halogens is 1. The zero-order valence-corrected chi connectivity index (χ0v) is 19.1. The first-order valence-electron chi connectivity index (χ1n) is 11.3. The van der Waals surface area contributed by atoms with Crippen LogP contribution in [-0.2, 0) is 11.2 Å². The summed E-state index contributed by atoms with van der Waals surface area (Å²) in [7, 11) is 1.68. The minimum Gasteiger partial charge on any atom is -0.496 e. The van der Waals surface area contributed by atoms with Crippen molar-refractivity contribution in [3.8, 4) is 5.75 Å². The Labute approximate surface area is 190 Å². The summed E-state index contributed by atoms with van der Waals surface area (Å²) in [5.41, 5.74) is 2.30. The summed E-state index contributed by atoms with van der Waals surface area (Å²) in [5.74, 6) is 1.12.